The van der Waals surface area contributed by atoms with Gasteiger partial charge in [0.1, 0.15) is 4.21 Å². The van der Waals surface area contributed by atoms with Crippen LogP contribution in [0, 0.1) is 19.8 Å². The summed E-state index contributed by atoms with van der Waals surface area (Å²) < 4.78 is 29.2. The number of rotatable bonds is 6. The van der Waals surface area contributed by atoms with Crippen LogP contribution in [0.25, 0.3) is 10.2 Å². The minimum atomic E-state index is -3.62. The Labute approximate surface area is 223 Å². The number of aromatic nitrogens is 2. The average Bonchev–Trinajstić information content (AvgIpc) is 3.50. The fourth-order valence-corrected chi connectivity index (χ4v) is 8.75. The molecule has 1 saturated heterocycles. The second-order valence-electron chi connectivity index (χ2n) is 8.91. The van der Waals surface area contributed by atoms with E-state index in [1.165, 1.54) is 21.7 Å². The number of anilines is 1. The monoisotopic (exact) mass is 560 g/mol. The molecular weight excluding hydrogens is 536 g/mol. The molecular formula is C25H25ClN4O3S3. The lowest BCUT2D eigenvalue weighted by atomic mass is 9.96. The van der Waals surface area contributed by atoms with Crippen molar-refractivity contribution in [3.63, 3.8) is 0 Å². The summed E-state index contributed by atoms with van der Waals surface area (Å²) in [5.74, 6) is -0.354. The first kappa shape index (κ1) is 25.3. The number of halogens is 1. The third-order valence-electron chi connectivity index (χ3n) is 6.31. The van der Waals surface area contributed by atoms with Gasteiger partial charge < -0.3 is 0 Å². The maximum atomic E-state index is 13.8. The summed E-state index contributed by atoms with van der Waals surface area (Å²) in [5.41, 5.74) is 3.89. The molecule has 0 unspecified atom stereocenters. The van der Waals surface area contributed by atoms with E-state index in [9.17, 15) is 13.2 Å². The molecule has 0 saturated carbocycles. The summed E-state index contributed by atoms with van der Waals surface area (Å²) in [7, 11) is -3.62. The number of benzene rings is 1. The van der Waals surface area contributed by atoms with Crippen LogP contribution in [-0.4, -0.2) is 41.7 Å². The van der Waals surface area contributed by atoms with E-state index in [1.54, 1.807) is 17.2 Å². The van der Waals surface area contributed by atoms with Gasteiger partial charge in [0.05, 0.1) is 26.8 Å². The van der Waals surface area contributed by atoms with Crippen LogP contribution in [0.1, 0.15) is 29.7 Å². The molecule has 0 N–H and O–H groups in total. The van der Waals surface area contributed by atoms with Gasteiger partial charge in [0.2, 0.25) is 5.91 Å². The van der Waals surface area contributed by atoms with Gasteiger partial charge in [0, 0.05) is 25.2 Å². The van der Waals surface area contributed by atoms with Gasteiger partial charge in [-0.15, -0.1) is 11.3 Å². The van der Waals surface area contributed by atoms with E-state index in [1.807, 2.05) is 25.1 Å². The number of nitrogens with zero attached hydrogens (tertiary/aromatic N) is 4. The van der Waals surface area contributed by atoms with Gasteiger partial charge in [-0.1, -0.05) is 35.1 Å². The van der Waals surface area contributed by atoms with E-state index in [0.29, 0.717) is 28.9 Å². The molecule has 1 fully saturated rings. The molecule has 11 heteroatoms. The van der Waals surface area contributed by atoms with E-state index in [4.69, 9.17) is 16.6 Å². The van der Waals surface area contributed by atoms with Crippen LogP contribution in [0.15, 0.2) is 52.9 Å². The summed E-state index contributed by atoms with van der Waals surface area (Å²) in [6, 6.07) is 12.9. The number of fused-ring (bicyclic) bond motifs is 1. The second kappa shape index (κ2) is 10.2. The highest BCUT2D eigenvalue weighted by Gasteiger charge is 2.35. The zero-order chi connectivity index (χ0) is 25.4. The van der Waals surface area contributed by atoms with Crippen LogP contribution in [0.5, 0.6) is 0 Å². The standard InChI is InChI=1S/C25H25ClN4O3S3/c1-16-13-17(2)23-20(14-16)34-25(28-23)30(15-19-5-3-4-10-27-19)24(31)18-8-11-29(12-9-18)36(32,33)22-7-6-21(26)35-22/h3-7,10,13-14,18H,8-9,11-12,15H2,1-2H3. The van der Waals surface area contributed by atoms with Crippen molar-refractivity contribution in [1.29, 1.82) is 0 Å². The van der Waals surface area contributed by atoms with Crippen molar-refractivity contribution in [3.8, 4) is 0 Å². The van der Waals surface area contributed by atoms with Gasteiger partial charge in [0.25, 0.3) is 10.0 Å². The van der Waals surface area contributed by atoms with E-state index < -0.39 is 10.0 Å². The van der Waals surface area contributed by atoms with Crippen molar-refractivity contribution < 1.29 is 13.2 Å². The molecule has 0 spiro atoms. The lowest BCUT2D eigenvalue weighted by molar-refractivity contribution is -0.123. The Bertz CT molecular complexity index is 1510. The third-order valence-corrected chi connectivity index (χ3v) is 10.9. The molecule has 7 nitrogen and oxygen atoms in total. The molecule has 4 aromatic rings. The quantitative estimate of drug-likeness (QED) is 0.304. The maximum absolute atomic E-state index is 13.8. The fraction of sp³-hybridized carbons (Fsp3) is 0.320. The number of aryl methyl sites for hydroxylation is 2. The predicted molar refractivity (Wildman–Crippen MR) is 145 cm³/mol. The Morgan fingerprint density at radius 2 is 1.92 bits per heavy atom. The first-order chi connectivity index (χ1) is 17.2. The van der Waals surface area contributed by atoms with Crippen LogP contribution in [0.2, 0.25) is 4.34 Å². The molecule has 188 valence electrons. The van der Waals surface area contributed by atoms with E-state index in [-0.39, 0.29) is 29.1 Å². The van der Waals surface area contributed by atoms with Crippen molar-refractivity contribution in [2.45, 2.75) is 37.4 Å². The van der Waals surface area contributed by atoms with Crippen molar-refractivity contribution >= 4 is 65.6 Å². The molecule has 1 aromatic carbocycles. The van der Waals surface area contributed by atoms with E-state index in [2.05, 4.69) is 24.0 Å². The number of hydrogen-bond acceptors (Lipinski definition) is 7. The van der Waals surface area contributed by atoms with Crippen molar-refractivity contribution in [2.75, 3.05) is 18.0 Å². The van der Waals surface area contributed by atoms with Gasteiger partial charge in [-0.3, -0.25) is 14.7 Å². The molecule has 1 aliphatic heterocycles. The van der Waals surface area contributed by atoms with Gasteiger partial charge in [-0.2, -0.15) is 4.31 Å². The van der Waals surface area contributed by atoms with Gasteiger partial charge in [-0.25, -0.2) is 13.4 Å². The fourth-order valence-electron chi connectivity index (χ4n) is 4.49. The van der Waals surface area contributed by atoms with Crippen molar-refractivity contribution in [2.24, 2.45) is 5.92 Å². The molecule has 0 bridgehead atoms. The zero-order valence-electron chi connectivity index (χ0n) is 19.8. The molecule has 1 aliphatic rings. The molecule has 5 rings (SSSR count). The first-order valence-corrected chi connectivity index (χ1v) is 15.0. The molecule has 4 heterocycles. The summed E-state index contributed by atoms with van der Waals surface area (Å²) in [4.78, 5) is 24.8. The Morgan fingerprint density at radius 3 is 2.58 bits per heavy atom. The summed E-state index contributed by atoms with van der Waals surface area (Å²) in [6.07, 6.45) is 2.60. The van der Waals surface area contributed by atoms with Crippen molar-refractivity contribution in [1.82, 2.24) is 14.3 Å². The van der Waals surface area contributed by atoms with Crippen LogP contribution < -0.4 is 4.90 Å². The molecule has 0 atom stereocenters. The molecule has 1 amide bonds. The van der Waals surface area contributed by atoms with Gasteiger partial charge >= 0.3 is 0 Å². The number of amides is 1. The normalized spacial score (nSPS) is 15.4. The number of carbonyl (C=O) groups excluding carboxylic acids is 1. The van der Waals surface area contributed by atoms with Gasteiger partial charge in [-0.05, 0) is 68.1 Å². The van der Waals surface area contributed by atoms with Crippen LogP contribution in [0.4, 0.5) is 5.13 Å². The van der Waals surface area contributed by atoms with Crippen LogP contribution >= 0.6 is 34.3 Å². The largest absolute Gasteiger partial charge is 0.282 e. The number of piperidine rings is 1. The predicted octanol–water partition coefficient (Wildman–Crippen LogP) is 5.66. The molecule has 0 aliphatic carbocycles. The SMILES string of the molecule is Cc1cc(C)c2nc(N(Cc3ccccn3)C(=O)C3CCN(S(=O)(=O)c4ccc(Cl)s4)CC3)sc2c1. The first-order valence-electron chi connectivity index (χ1n) is 11.6. The van der Waals surface area contributed by atoms with Crippen molar-refractivity contribution in [3.05, 3.63) is 69.8 Å². The summed E-state index contributed by atoms with van der Waals surface area (Å²) >= 11 is 8.50. The number of thiazole rings is 1. The lowest BCUT2D eigenvalue weighted by Gasteiger charge is -2.32. The highest BCUT2D eigenvalue weighted by atomic mass is 35.5. The molecule has 3 aromatic heterocycles. The highest BCUT2D eigenvalue weighted by molar-refractivity contribution is 7.91. The molecule has 36 heavy (non-hydrogen) atoms. The average molecular weight is 561 g/mol. The third kappa shape index (κ3) is 5.05. The Balaban J connectivity index is 1.39. The Morgan fingerprint density at radius 1 is 1.14 bits per heavy atom. The number of sulfonamides is 1. The minimum Gasteiger partial charge on any atom is -0.282 e. The Hall–Kier alpha value is -2.37. The molecule has 0 radical (unpaired) electrons. The Kier molecular flexibility index (Phi) is 7.15. The van der Waals surface area contributed by atoms with E-state index in [0.717, 1.165) is 38.4 Å². The van der Waals surface area contributed by atoms with Crippen LogP contribution in [0.3, 0.4) is 0 Å². The zero-order valence-corrected chi connectivity index (χ0v) is 23.1. The van der Waals surface area contributed by atoms with Crippen LogP contribution in [-0.2, 0) is 21.4 Å². The second-order valence-corrected chi connectivity index (χ2v) is 13.8. The minimum absolute atomic E-state index is 0.0506. The topological polar surface area (TPSA) is 83.5 Å². The maximum Gasteiger partial charge on any atom is 0.252 e. The number of carbonyl (C=O) groups is 1. The smallest absolute Gasteiger partial charge is 0.252 e. The number of hydrogen-bond donors (Lipinski definition) is 0. The lowest BCUT2D eigenvalue weighted by Crippen LogP contribution is -2.44. The summed E-state index contributed by atoms with van der Waals surface area (Å²) in [6.45, 7) is 4.95. The number of thiophene rings is 1. The number of pyridine rings is 1. The van der Waals surface area contributed by atoms with Gasteiger partial charge in [0.15, 0.2) is 5.13 Å². The highest BCUT2D eigenvalue weighted by Crippen LogP contribution is 2.35. The summed E-state index contributed by atoms with van der Waals surface area (Å²) in [5, 5.41) is 0.637. The van der Waals surface area contributed by atoms with E-state index >= 15 is 0 Å².